The van der Waals surface area contributed by atoms with Crippen molar-refractivity contribution in [2.45, 2.75) is 77.7 Å². The molecule has 0 aliphatic heterocycles. The molecule has 0 spiro atoms. The van der Waals surface area contributed by atoms with Crippen molar-refractivity contribution in [2.75, 3.05) is 13.7 Å². The van der Waals surface area contributed by atoms with Gasteiger partial charge in [-0.05, 0) is 23.4 Å². The van der Waals surface area contributed by atoms with Gasteiger partial charge in [0, 0.05) is 20.7 Å². The van der Waals surface area contributed by atoms with Gasteiger partial charge < -0.3 is 25.2 Å². The molecule has 36 heavy (non-hydrogen) atoms. The maximum atomic E-state index is 12.3. The van der Waals surface area contributed by atoms with Crippen molar-refractivity contribution in [3.05, 3.63) is 35.9 Å². The first-order valence-corrected chi connectivity index (χ1v) is 15.1. The van der Waals surface area contributed by atoms with Crippen molar-refractivity contribution in [1.82, 2.24) is 10.6 Å². The van der Waals surface area contributed by atoms with Crippen LogP contribution >= 0.6 is 0 Å². The van der Waals surface area contributed by atoms with E-state index in [0.717, 1.165) is 11.6 Å². The van der Waals surface area contributed by atoms with E-state index in [2.05, 4.69) is 51.0 Å². The van der Waals surface area contributed by atoms with Crippen LogP contribution in [0.4, 0.5) is 18.0 Å². The topological polar surface area (TPSA) is 114 Å². The number of amides is 1. The largest absolute Gasteiger partial charge is 0.490 e. The van der Waals surface area contributed by atoms with Crippen LogP contribution in [0.2, 0.25) is 25.7 Å². The summed E-state index contributed by atoms with van der Waals surface area (Å²) in [5.74, 6) is -3.04. The maximum absolute atomic E-state index is 12.3. The Morgan fingerprint density at radius 3 is 2.00 bits per heavy atom. The molecule has 1 aromatic rings. The first kappa shape index (κ1) is 33.4. The van der Waals surface area contributed by atoms with Crippen molar-refractivity contribution in [3.8, 4) is 0 Å². The minimum atomic E-state index is -5.08. The highest BCUT2D eigenvalue weighted by atomic mass is 28.3. The standard InChI is InChI=1S/C22H38N2O4Si.C2HF3O2/c1-22(2,3)13-19(20(25)27-4)23-14-18(16-29(5,6)7)24-21(26)28-15-17-11-9-8-10-12-17;3-2(4,5)1(6)7/h8-12,18-19,23H,13-16H2,1-7H3,(H,24,26);(H,6,7)/t18-,19+;/m1./s1. The molecule has 0 aliphatic carbocycles. The molecule has 1 amide bonds. The van der Waals surface area contributed by atoms with E-state index in [1.54, 1.807) is 0 Å². The zero-order valence-electron chi connectivity index (χ0n) is 22.0. The first-order valence-electron chi connectivity index (χ1n) is 11.4. The van der Waals surface area contributed by atoms with Crippen LogP contribution in [0.25, 0.3) is 0 Å². The lowest BCUT2D eigenvalue weighted by Gasteiger charge is -2.29. The third kappa shape index (κ3) is 16.9. The number of nitrogens with one attached hydrogen (secondary N) is 2. The lowest BCUT2D eigenvalue weighted by atomic mass is 9.88. The number of carbonyl (C=O) groups excluding carboxylic acids is 2. The monoisotopic (exact) mass is 536 g/mol. The van der Waals surface area contributed by atoms with E-state index in [4.69, 9.17) is 19.4 Å². The first-order chi connectivity index (χ1) is 16.3. The number of ether oxygens (including phenoxy) is 2. The van der Waals surface area contributed by atoms with Crippen LogP contribution in [0, 0.1) is 5.41 Å². The van der Waals surface area contributed by atoms with Crippen LogP contribution < -0.4 is 10.6 Å². The quantitative estimate of drug-likeness (QED) is 0.290. The number of hydrogen-bond acceptors (Lipinski definition) is 6. The fourth-order valence-corrected chi connectivity index (χ4v) is 4.85. The summed E-state index contributed by atoms with van der Waals surface area (Å²) < 4.78 is 42.1. The second kappa shape index (κ2) is 14.8. The fourth-order valence-electron chi connectivity index (χ4n) is 3.12. The van der Waals surface area contributed by atoms with Gasteiger partial charge in [-0.15, -0.1) is 0 Å². The highest BCUT2D eigenvalue weighted by Gasteiger charge is 2.38. The highest BCUT2D eigenvalue weighted by molar-refractivity contribution is 6.76. The zero-order chi connectivity index (χ0) is 28.2. The van der Waals surface area contributed by atoms with Crippen molar-refractivity contribution >= 4 is 26.1 Å². The summed E-state index contributed by atoms with van der Waals surface area (Å²) in [5, 5.41) is 13.4. The van der Waals surface area contributed by atoms with E-state index in [1.165, 1.54) is 7.11 Å². The number of hydrogen-bond donors (Lipinski definition) is 3. The minimum absolute atomic E-state index is 0.0256. The Balaban J connectivity index is 0.00000152. The van der Waals surface area contributed by atoms with E-state index in [1.807, 2.05) is 30.3 Å². The average Bonchev–Trinajstić information content (AvgIpc) is 2.73. The molecule has 0 aliphatic rings. The van der Waals surface area contributed by atoms with Gasteiger partial charge in [-0.1, -0.05) is 70.7 Å². The third-order valence-electron chi connectivity index (χ3n) is 4.55. The summed E-state index contributed by atoms with van der Waals surface area (Å²) in [4.78, 5) is 33.4. The second-order valence-corrected chi connectivity index (χ2v) is 16.2. The maximum Gasteiger partial charge on any atom is 0.490 e. The van der Waals surface area contributed by atoms with Crippen LogP contribution in [0.1, 0.15) is 32.8 Å². The fraction of sp³-hybridized carbons (Fsp3) is 0.625. The second-order valence-electron chi connectivity index (χ2n) is 10.7. The lowest BCUT2D eigenvalue weighted by Crippen LogP contribution is -2.50. The smallest absolute Gasteiger partial charge is 0.475 e. The minimum Gasteiger partial charge on any atom is -0.475 e. The summed E-state index contributed by atoms with van der Waals surface area (Å²) in [5.41, 5.74) is 0.917. The number of esters is 1. The van der Waals surface area contributed by atoms with Crippen molar-refractivity contribution in [2.24, 2.45) is 5.41 Å². The van der Waals surface area contributed by atoms with E-state index in [-0.39, 0.29) is 24.0 Å². The summed E-state index contributed by atoms with van der Waals surface area (Å²) in [7, 11) is -0.0536. The van der Waals surface area contributed by atoms with Gasteiger partial charge in [0.2, 0.25) is 0 Å². The Kier molecular flexibility index (Phi) is 13.8. The number of carboxylic acid groups (broad SMARTS) is 1. The number of alkyl halides is 3. The molecule has 0 bridgehead atoms. The molecule has 3 N–H and O–H groups in total. The van der Waals surface area contributed by atoms with Gasteiger partial charge in [0.25, 0.3) is 0 Å². The molecule has 0 saturated heterocycles. The molecule has 2 atom stereocenters. The summed E-state index contributed by atoms with van der Waals surface area (Å²) in [6, 6.07) is 9.94. The molecule has 0 heterocycles. The van der Waals surface area contributed by atoms with Crippen LogP contribution in [0.15, 0.2) is 30.3 Å². The molecule has 206 valence electrons. The molecule has 0 saturated carbocycles. The Morgan fingerprint density at radius 2 is 1.58 bits per heavy atom. The predicted octanol–water partition coefficient (Wildman–Crippen LogP) is 4.82. The van der Waals surface area contributed by atoms with Crippen molar-refractivity contribution in [1.29, 1.82) is 0 Å². The number of halogens is 3. The SMILES string of the molecule is COC(=O)[C@H](CC(C)(C)C)NC[C@H](C[Si](C)(C)C)NC(=O)OCc1ccccc1.O=C(O)C(F)(F)F. The van der Waals surface area contributed by atoms with Crippen molar-refractivity contribution < 1.29 is 42.1 Å². The van der Waals surface area contributed by atoms with Gasteiger partial charge in [-0.3, -0.25) is 4.79 Å². The molecule has 1 rings (SSSR count). The van der Waals surface area contributed by atoms with Gasteiger partial charge >= 0.3 is 24.2 Å². The normalized spacial score (nSPS) is 13.5. The lowest BCUT2D eigenvalue weighted by molar-refractivity contribution is -0.192. The van der Waals surface area contributed by atoms with E-state index in [9.17, 15) is 22.8 Å². The molecule has 0 unspecified atom stereocenters. The number of carbonyl (C=O) groups is 3. The number of carboxylic acids is 1. The summed E-state index contributed by atoms with van der Waals surface area (Å²) in [6.45, 7) is 13.7. The molecule has 1 aromatic carbocycles. The number of methoxy groups -OCH3 is 1. The number of benzene rings is 1. The average molecular weight is 537 g/mol. The third-order valence-corrected chi connectivity index (χ3v) is 6.27. The number of rotatable bonds is 10. The van der Waals surface area contributed by atoms with Gasteiger partial charge in [0.1, 0.15) is 12.6 Å². The van der Waals surface area contributed by atoms with Gasteiger partial charge in [-0.25, -0.2) is 9.59 Å². The number of aliphatic carboxylic acids is 1. The molecular weight excluding hydrogens is 497 g/mol. The van der Waals surface area contributed by atoms with Crippen molar-refractivity contribution in [3.63, 3.8) is 0 Å². The van der Waals surface area contributed by atoms with Crippen LogP contribution in [-0.4, -0.2) is 63.1 Å². The van der Waals surface area contributed by atoms with Crippen LogP contribution in [0.3, 0.4) is 0 Å². The van der Waals surface area contributed by atoms with Crippen LogP contribution in [0.5, 0.6) is 0 Å². The van der Waals surface area contributed by atoms with Gasteiger partial charge in [-0.2, -0.15) is 13.2 Å². The molecule has 12 heteroatoms. The molecule has 0 fully saturated rings. The Morgan fingerprint density at radius 1 is 1.06 bits per heavy atom. The predicted molar refractivity (Wildman–Crippen MR) is 133 cm³/mol. The molecule has 0 radical (unpaired) electrons. The zero-order valence-corrected chi connectivity index (χ0v) is 23.0. The van der Waals surface area contributed by atoms with E-state index < -0.39 is 32.4 Å². The summed E-state index contributed by atoms with van der Waals surface area (Å²) in [6.07, 6.45) is -4.87. The highest BCUT2D eigenvalue weighted by Crippen LogP contribution is 2.21. The van der Waals surface area contributed by atoms with Gasteiger partial charge in [0.05, 0.1) is 7.11 Å². The number of alkyl carbamates (subject to hydrolysis) is 1. The Bertz CT molecular complexity index is 824. The molecule has 8 nitrogen and oxygen atoms in total. The van der Waals surface area contributed by atoms with Crippen LogP contribution in [-0.2, 0) is 25.7 Å². The summed E-state index contributed by atoms with van der Waals surface area (Å²) >= 11 is 0. The van der Waals surface area contributed by atoms with Gasteiger partial charge in [0.15, 0.2) is 0 Å². The molecule has 0 aromatic heterocycles. The molecular formula is C24H39F3N2O6Si. The Labute approximate surface area is 211 Å². The van der Waals surface area contributed by atoms with E-state index >= 15 is 0 Å². The van der Waals surface area contributed by atoms with E-state index in [0.29, 0.717) is 13.0 Å². The Hall–Kier alpha value is -2.60.